The smallest absolute Gasteiger partial charge is 0.146 e. The van der Waals surface area contributed by atoms with E-state index in [-0.39, 0.29) is 6.04 Å². The molecule has 2 heterocycles. The first-order valence-corrected chi connectivity index (χ1v) is 9.11. The Morgan fingerprint density at radius 1 is 0.960 bits per heavy atom. The number of hydrogen-bond acceptors (Lipinski definition) is 3. The summed E-state index contributed by atoms with van der Waals surface area (Å²) in [6.07, 6.45) is 5.47. The number of benzene rings is 2. The predicted octanol–water partition coefficient (Wildman–Crippen LogP) is 4.82. The minimum absolute atomic E-state index is 0.0762. The molecule has 1 N–H and O–H groups in total. The summed E-state index contributed by atoms with van der Waals surface area (Å²) in [6, 6.07) is 16.8. The summed E-state index contributed by atoms with van der Waals surface area (Å²) in [7, 11) is 0. The van der Waals surface area contributed by atoms with Crippen molar-refractivity contribution in [2.45, 2.75) is 32.2 Å². The molecule has 2 aromatic carbocycles. The van der Waals surface area contributed by atoms with Crippen LogP contribution < -0.4 is 0 Å². The number of aromatic nitrogens is 1. The Bertz CT molecular complexity index is 867. The van der Waals surface area contributed by atoms with E-state index in [1.54, 1.807) is 6.20 Å². The van der Waals surface area contributed by atoms with Crippen LogP contribution in [0.3, 0.4) is 0 Å². The number of pyridine rings is 1. The maximum absolute atomic E-state index is 11.0. The summed E-state index contributed by atoms with van der Waals surface area (Å²) >= 11 is 0. The normalized spacial score (nSPS) is 16.8. The molecule has 0 saturated carbocycles. The number of likely N-dealkylation sites (tertiary alicyclic amines) is 1. The lowest BCUT2D eigenvalue weighted by molar-refractivity contribution is 0.185. The van der Waals surface area contributed by atoms with Gasteiger partial charge in [0.15, 0.2) is 0 Å². The predicted molar refractivity (Wildman–Crippen MR) is 102 cm³/mol. The van der Waals surface area contributed by atoms with Gasteiger partial charge in [-0.1, -0.05) is 54.4 Å². The second-order valence-corrected chi connectivity index (χ2v) is 6.99. The van der Waals surface area contributed by atoms with E-state index in [9.17, 15) is 5.11 Å². The number of aryl methyl sites for hydroxylation is 1. The number of rotatable bonds is 3. The zero-order valence-corrected chi connectivity index (χ0v) is 14.7. The van der Waals surface area contributed by atoms with E-state index >= 15 is 0 Å². The molecule has 1 unspecified atom stereocenters. The van der Waals surface area contributed by atoms with E-state index in [0.717, 1.165) is 24.0 Å². The van der Waals surface area contributed by atoms with Crippen molar-refractivity contribution in [1.82, 2.24) is 9.88 Å². The first-order valence-electron chi connectivity index (χ1n) is 9.11. The Morgan fingerprint density at radius 3 is 2.48 bits per heavy atom. The first-order chi connectivity index (χ1) is 12.2. The molecule has 3 heteroatoms. The van der Waals surface area contributed by atoms with E-state index in [2.05, 4.69) is 53.2 Å². The molecule has 0 spiro atoms. The molecule has 0 aliphatic carbocycles. The molecule has 1 atom stereocenters. The fourth-order valence-corrected chi connectivity index (χ4v) is 3.88. The highest BCUT2D eigenvalue weighted by Crippen LogP contribution is 2.38. The summed E-state index contributed by atoms with van der Waals surface area (Å²) in [5, 5.41) is 12.0. The molecule has 25 heavy (non-hydrogen) atoms. The number of phenolic OH excluding ortho intramolecular Hbond substituents is 1. The maximum atomic E-state index is 11.0. The highest BCUT2D eigenvalue weighted by molar-refractivity contribution is 5.85. The molecule has 4 rings (SSSR count). The van der Waals surface area contributed by atoms with Crippen LogP contribution in [-0.4, -0.2) is 28.1 Å². The van der Waals surface area contributed by atoms with Crippen molar-refractivity contribution in [2.24, 2.45) is 0 Å². The molecule has 3 nitrogen and oxygen atoms in total. The fourth-order valence-electron chi connectivity index (χ4n) is 3.88. The van der Waals surface area contributed by atoms with Crippen molar-refractivity contribution < 1.29 is 5.11 Å². The van der Waals surface area contributed by atoms with Crippen LogP contribution in [0.15, 0.2) is 54.7 Å². The lowest BCUT2D eigenvalue weighted by Crippen LogP contribution is -2.34. The third-order valence-corrected chi connectivity index (χ3v) is 5.22. The van der Waals surface area contributed by atoms with E-state index in [4.69, 9.17) is 0 Å². The second-order valence-electron chi connectivity index (χ2n) is 6.99. The largest absolute Gasteiger partial charge is 0.505 e. The first kappa shape index (κ1) is 16.1. The van der Waals surface area contributed by atoms with Crippen LogP contribution in [0, 0.1) is 6.92 Å². The molecule has 1 fully saturated rings. The van der Waals surface area contributed by atoms with Crippen LogP contribution in [0.5, 0.6) is 5.75 Å². The number of fused-ring (bicyclic) bond motifs is 1. The minimum Gasteiger partial charge on any atom is -0.505 e. The summed E-state index contributed by atoms with van der Waals surface area (Å²) in [4.78, 5) is 6.91. The molecule has 0 amide bonds. The topological polar surface area (TPSA) is 36.4 Å². The number of phenols is 1. The molecule has 0 radical (unpaired) electrons. The van der Waals surface area contributed by atoms with Gasteiger partial charge in [-0.3, -0.25) is 9.88 Å². The van der Waals surface area contributed by atoms with Crippen molar-refractivity contribution in [1.29, 1.82) is 0 Å². The highest BCUT2D eigenvalue weighted by Gasteiger charge is 2.27. The molecule has 1 aliphatic rings. The highest BCUT2D eigenvalue weighted by atomic mass is 16.3. The Labute approximate surface area is 148 Å². The van der Waals surface area contributed by atoms with Gasteiger partial charge in [0.2, 0.25) is 0 Å². The number of hydrogen-bond donors (Lipinski definition) is 1. The molecule has 3 aromatic rings. The number of piperidine rings is 1. The standard InChI is InChI=1S/C22H24N2O/c1-16-7-9-18(10-8-16)21(24-14-3-2-4-15-24)19-12-11-17-6-5-13-23-20(17)22(19)25/h5-13,21,25H,2-4,14-15H2,1H3. The molecular weight excluding hydrogens is 308 g/mol. The lowest BCUT2D eigenvalue weighted by atomic mass is 9.93. The Balaban J connectivity index is 1.85. The van der Waals surface area contributed by atoms with Crippen LogP contribution >= 0.6 is 0 Å². The number of nitrogens with zero attached hydrogens (tertiary/aromatic N) is 2. The third kappa shape index (κ3) is 3.12. The van der Waals surface area contributed by atoms with E-state index in [0.29, 0.717) is 11.3 Å². The van der Waals surface area contributed by atoms with E-state index < -0.39 is 0 Å². The van der Waals surface area contributed by atoms with Gasteiger partial charge in [0, 0.05) is 17.1 Å². The summed E-state index contributed by atoms with van der Waals surface area (Å²) in [5.74, 6) is 0.314. The summed E-state index contributed by atoms with van der Waals surface area (Å²) in [5.41, 5.74) is 4.13. The van der Waals surface area contributed by atoms with Gasteiger partial charge < -0.3 is 5.11 Å². The van der Waals surface area contributed by atoms with Crippen LogP contribution in [0.4, 0.5) is 0 Å². The summed E-state index contributed by atoms with van der Waals surface area (Å²) in [6.45, 7) is 4.24. The molecule has 1 aliphatic heterocycles. The van der Waals surface area contributed by atoms with Crippen LogP contribution in [0.2, 0.25) is 0 Å². The van der Waals surface area contributed by atoms with Crippen molar-refractivity contribution in [3.8, 4) is 5.75 Å². The van der Waals surface area contributed by atoms with Gasteiger partial charge in [-0.15, -0.1) is 0 Å². The Hall–Kier alpha value is -2.39. The molecule has 0 bridgehead atoms. The minimum atomic E-state index is 0.0762. The average Bonchev–Trinajstić information content (AvgIpc) is 2.66. The average molecular weight is 332 g/mol. The van der Waals surface area contributed by atoms with Crippen LogP contribution in [0.1, 0.15) is 42.0 Å². The van der Waals surface area contributed by atoms with Crippen molar-refractivity contribution >= 4 is 10.9 Å². The quantitative estimate of drug-likeness (QED) is 0.747. The van der Waals surface area contributed by atoms with E-state index in [1.807, 2.05) is 12.1 Å². The lowest BCUT2D eigenvalue weighted by Gasteiger charge is -2.35. The zero-order valence-electron chi connectivity index (χ0n) is 14.7. The Kier molecular flexibility index (Phi) is 4.41. The molecule has 1 saturated heterocycles. The van der Waals surface area contributed by atoms with Gasteiger partial charge in [-0.25, -0.2) is 0 Å². The van der Waals surface area contributed by atoms with Crippen LogP contribution in [0.25, 0.3) is 10.9 Å². The van der Waals surface area contributed by atoms with Gasteiger partial charge in [0.05, 0.1) is 6.04 Å². The van der Waals surface area contributed by atoms with Crippen LogP contribution in [-0.2, 0) is 0 Å². The van der Waals surface area contributed by atoms with Crippen molar-refractivity contribution in [3.05, 3.63) is 71.4 Å². The second kappa shape index (κ2) is 6.85. The monoisotopic (exact) mass is 332 g/mol. The van der Waals surface area contributed by atoms with Gasteiger partial charge in [-0.2, -0.15) is 0 Å². The Morgan fingerprint density at radius 2 is 1.72 bits per heavy atom. The van der Waals surface area contributed by atoms with Gasteiger partial charge >= 0.3 is 0 Å². The fraction of sp³-hybridized carbons (Fsp3) is 0.318. The van der Waals surface area contributed by atoms with Crippen molar-refractivity contribution in [2.75, 3.05) is 13.1 Å². The van der Waals surface area contributed by atoms with Crippen molar-refractivity contribution in [3.63, 3.8) is 0 Å². The van der Waals surface area contributed by atoms with Gasteiger partial charge in [-0.05, 0) is 44.5 Å². The SMILES string of the molecule is Cc1ccc(C(c2ccc3cccnc3c2O)N2CCCCC2)cc1. The zero-order chi connectivity index (χ0) is 17.2. The van der Waals surface area contributed by atoms with E-state index in [1.165, 1.54) is 30.4 Å². The summed E-state index contributed by atoms with van der Waals surface area (Å²) < 4.78 is 0. The van der Waals surface area contributed by atoms with Gasteiger partial charge in [0.1, 0.15) is 11.3 Å². The third-order valence-electron chi connectivity index (χ3n) is 5.22. The number of aromatic hydroxyl groups is 1. The maximum Gasteiger partial charge on any atom is 0.146 e. The molecule has 128 valence electrons. The van der Waals surface area contributed by atoms with Gasteiger partial charge in [0.25, 0.3) is 0 Å². The molecule has 1 aromatic heterocycles. The molecular formula is C22H24N2O.